The Labute approximate surface area is 155 Å². The highest BCUT2D eigenvalue weighted by atomic mass is 16.5. The van der Waals surface area contributed by atoms with E-state index < -0.39 is 0 Å². The molecule has 0 spiro atoms. The monoisotopic (exact) mass is 365 g/mol. The second kappa shape index (κ2) is 6.29. The van der Waals surface area contributed by atoms with Gasteiger partial charge in [0, 0.05) is 42.0 Å². The number of pyridine rings is 1. The van der Waals surface area contributed by atoms with Gasteiger partial charge in [-0.25, -0.2) is 0 Å². The first kappa shape index (κ1) is 16.2. The van der Waals surface area contributed by atoms with Gasteiger partial charge in [-0.2, -0.15) is 4.98 Å². The fourth-order valence-electron chi connectivity index (χ4n) is 4.33. The highest BCUT2D eigenvalue weighted by Crippen LogP contribution is 2.43. The Balaban J connectivity index is 1.34. The number of nitrogens with zero attached hydrogens (tertiary/aromatic N) is 5. The number of carbonyl (C=O) groups is 1. The van der Waals surface area contributed by atoms with Crippen LogP contribution in [0, 0.1) is 6.92 Å². The minimum absolute atomic E-state index is 0.0409. The maximum atomic E-state index is 12.9. The van der Waals surface area contributed by atoms with E-state index in [2.05, 4.69) is 20.3 Å². The van der Waals surface area contributed by atoms with Crippen molar-refractivity contribution in [3.8, 4) is 11.4 Å². The quantitative estimate of drug-likeness (QED) is 0.703. The van der Waals surface area contributed by atoms with Gasteiger partial charge >= 0.3 is 0 Å². The minimum Gasteiger partial charge on any atom is -0.361 e. The van der Waals surface area contributed by atoms with Crippen LogP contribution in [-0.2, 0) is 0 Å². The van der Waals surface area contributed by atoms with Crippen molar-refractivity contribution in [2.75, 3.05) is 0 Å². The van der Waals surface area contributed by atoms with Crippen LogP contribution in [0.15, 0.2) is 39.6 Å². The predicted molar refractivity (Wildman–Crippen MR) is 93.7 cm³/mol. The van der Waals surface area contributed by atoms with Crippen LogP contribution in [-0.4, -0.2) is 43.2 Å². The minimum atomic E-state index is -0.0409. The highest BCUT2D eigenvalue weighted by molar-refractivity contribution is 5.93. The van der Waals surface area contributed by atoms with Gasteiger partial charge in [0.25, 0.3) is 5.91 Å². The summed E-state index contributed by atoms with van der Waals surface area (Å²) in [6, 6.07) is 5.77. The van der Waals surface area contributed by atoms with Crippen LogP contribution in [0.4, 0.5) is 0 Å². The van der Waals surface area contributed by atoms with Crippen molar-refractivity contribution in [2.45, 2.75) is 50.6 Å². The molecule has 2 fully saturated rings. The van der Waals surface area contributed by atoms with E-state index >= 15 is 0 Å². The third-order valence-corrected chi connectivity index (χ3v) is 5.54. The Bertz CT molecular complexity index is 953. The molecule has 138 valence electrons. The van der Waals surface area contributed by atoms with Gasteiger partial charge in [0.1, 0.15) is 5.76 Å². The van der Waals surface area contributed by atoms with Gasteiger partial charge in [-0.05, 0) is 44.7 Å². The molecular weight excluding hydrogens is 346 g/mol. The first-order valence-corrected chi connectivity index (χ1v) is 9.19. The molecule has 2 bridgehead atoms. The zero-order valence-electron chi connectivity index (χ0n) is 14.9. The van der Waals surface area contributed by atoms with E-state index in [4.69, 9.17) is 9.05 Å². The molecule has 2 aliphatic rings. The molecule has 0 radical (unpaired) electrons. The van der Waals surface area contributed by atoms with E-state index in [0.717, 1.165) is 31.2 Å². The molecule has 0 saturated carbocycles. The van der Waals surface area contributed by atoms with Crippen molar-refractivity contribution in [3.63, 3.8) is 0 Å². The lowest BCUT2D eigenvalue weighted by molar-refractivity contribution is 0.0544. The number of piperidine rings is 1. The zero-order chi connectivity index (χ0) is 18.4. The van der Waals surface area contributed by atoms with Crippen LogP contribution in [0.2, 0.25) is 0 Å². The number of hydrogen-bond donors (Lipinski definition) is 0. The van der Waals surface area contributed by atoms with Gasteiger partial charge in [0.2, 0.25) is 11.7 Å². The molecule has 0 aliphatic carbocycles. The number of carbonyl (C=O) groups excluding carboxylic acids is 1. The summed E-state index contributed by atoms with van der Waals surface area (Å²) in [4.78, 5) is 23.4. The van der Waals surface area contributed by atoms with Crippen molar-refractivity contribution in [1.29, 1.82) is 0 Å². The van der Waals surface area contributed by atoms with Crippen LogP contribution in [0.25, 0.3) is 11.4 Å². The topological polar surface area (TPSA) is 98.2 Å². The average molecular weight is 365 g/mol. The van der Waals surface area contributed by atoms with Crippen LogP contribution in [0.1, 0.15) is 53.7 Å². The van der Waals surface area contributed by atoms with E-state index in [-0.39, 0.29) is 23.9 Å². The summed E-state index contributed by atoms with van der Waals surface area (Å²) in [7, 11) is 0. The van der Waals surface area contributed by atoms with E-state index in [0.29, 0.717) is 23.2 Å². The molecule has 3 aromatic rings. The van der Waals surface area contributed by atoms with Crippen molar-refractivity contribution < 1.29 is 13.8 Å². The van der Waals surface area contributed by atoms with Crippen LogP contribution in [0.3, 0.4) is 0 Å². The lowest BCUT2D eigenvalue weighted by Gasteiger charge is -2.37. The van der Waals surface area contributed by atoms with E-state index in [1.54, 1.807) is 25.4 Å². The molecular formula is C19H19N5O3. The van der Waals surface area contributed by atoms with Crippen molar-refractivity contribution in [3.05, 3.63) is 47.9 Å². The number of aryl methyl sites for hydroxylation is 1. The SMILES string of the molecule is Cc1cc(C(=O)N2C3CCC2CC(c2nc(-c4ccncc4)no2)C3)no1. The number of aromatic nitrogens is 4. The Hall–Kier alpha value is -3.03. The Morgan fingerprint density at radius 2 is 1.85 bits per heavy atom. The summed E-state index contributed by atoms with van der Waals surface area (Å²) in [6.45, 7) is 1.79. The van der Waals surface area contributed by atoms with Gasteiger partial charge in [0.05, 0.1) is 0 Å². The Morgan fingerprint density at radius 1 is 1.11 bits per heavy atom. The maximum absolute atomic E-state index is 12.9. The van der Waals surface area contributed by atoms with Crippen LogP contribution >= 0.6 is 0 Å². The number of hydrogen-bond acceptors (Lipinski definition) is 7. The molecule has 0 aromatic carbocycles. The maximum Gasteiger partial charge on any atom is 0.276 e. The van der Waals surface area contributed by atoms with Gasteiger partial charge < -0.3 is 13.9 Å². The smallest absolute Gasteiger partial charge is 0.276 e. The third kappa shape index (κ3) is 2.81. The first-order valence-electron chi connectivity index (χ1n) is 9.19. The van der Waals surface area contributed by atoms with Crippen LogP contribution in [0.5, 0.6) is 0 Å². The molecule has 2 atom stereocenters. The molecule has 5 heterocycles. The normalized spacial score (nSPS) is 24.3. The van der Waals surface area contributed by atoms with Gasteiger partial charge in [-0.15, -0.1) is 0 Å². The molecule has 2 aliphatic heterocycles. The average Bonchev–Trinajstić information content (AvgIpc) is 3.40. The van der Waals surface area contributed by atoms with Gasteiger partial charge in [0.15, 0.2) is 5.69 Å². The second-order valence-corrected chi connectivity index (χ2v) is 7.28. The molecule has 2 unspecified atom stereocenters. The van der Waals surface area contributed by atoms with Gasteiger partial charge in [-0.3, -0.25) is 9.78 Å². The summed E-state index contributed by atoms with van der Waals surface area (Å²) in [5.74, 6) is 2.02. The van der Waals surface area contributed by atoms with E-state index in [1.165, 1.54) is 0 Å². The summed E-state index contributed by atoms with van der Waals surface area (Å²) in [5, 5.41) is 8.01. The Morgan fingerprint density at radius 3 is 2.52 bits per heavy atom. The molecule has 3 aromatic heterocycles. The Kier molecular flexibility index (Phi) is 3.77. The standard InChI is InChI=1S/C19H19N5O3/c1-11-8-16(22-26-11)19(25)24-14-2-3-15(24)10-13(9-14)18-21-17(23-27-18)12-4-6-20-7-5-12/h4-8,13-15H,2-3,9-10H2,1H3. The summed E-state index contributed by atoms with van der Waals surface area (Å²) in [6.07, 6.45) is 7.07. The number of fused-ring (bicyclic) bond motifs is 2. The molecule has 8 nitrogen and oxygen atoms in total. The molecule has 5 rings (SSSR count). The van der Waals surface area contributed by atoms with Crippen LogP contribution < -0.4 is 0 Å². The molecule has 2 saturated heterocycles. The first-order chi connectivity index (χ1) is 13.2. The van der Waals surface area contributed by atoms with Crippen molar-refractivity contribution in [2.24, 2.45) is 0 Å². The lowest BCUT2D eigenvalue weighted by Crippen LogP contribution is -2.46. The summed E-state index contributed by atoms with van der Waals surface area (Å²) >= 11 is 0. The third-order valence-electron chi connectivity index (χ3n) is 5.54. The van der Waals surface area contributed by atoms with Crippen molar-refractivity contribution in [1.82, 2.24) is 25.2 Å². The molecule has 0 N–H and O–H groups in total. The van der Waals surface area contributed by atoms with E-state index in [1.807, 2.05) is 17.0 Å². The molecule has 1 amide bonds. The highest BCUT2D eigenvalue weighted by Gasteiger charge is 2.45. The number of rotatable bonds is 3. The predicted octanol–water partition coefficient (Wildman–Crippen LogP) is 2.98. The zero-order valence-corrected chi connectivity index (χ0v) is 14.9. The van der Waals surface area contributed by atoms with Crippen molar-refractivity contribution >= 4 is 5.91 Å². The lowest BCUT2D eigenvalue weighted by atomic mass is 9.90. The molecule has 8 heteroatoms. The van der Waals surface area contributed by atoms with Gasteiger partial charge in [-0.1, -0.05) is 10.3 Å². The molecule has 27 heavy (non-hydrogen) atoms. The second-order valence-electron chi connectivity index (χ2n) is 7.28. The summed E-state index contributed by atoms with van der Waals surface area (Å²) < 4.78 is 10.6. The fourth-order valence-corrected chi connectivity index (χ4v) is 4.33. The largest absolute Gasteiger partial charge is 0.361 e. The summed E-state index contributed by atoms with van der Waals surface area (Å²) in [5.41, 5.74) is 1.28. The van der Waals surface area contributed by atoms with E-state index in [9.17, 15) is 4.79 Å². The fraction of sp³-hybridized carbons (Fsp3) is 0.421. The number of amides is 1.